The average molecular weight is 347 g/mol. The minimum absolute atomic E-state index is 0.0331. The molecule has 26 heavy (non-hydrogen) atoms. The summed E-state index contributed by atoms with van der Waals surface area (Å²) in [5, 5.41) is 0.666. The van der Waals surface area contributed by atoms with Gasteiger partial charge in [0.2, 0.25) is 0 Å². The third-order valence-corrected chi connectivity index (χ3v) is 5.41. The highest BCUT2D eigenvalue weighted by Gasteiger charge is 2.20. The van der Waals surface area contributed by atoms with Crippen molar-refractivity contribution in [3.63, 3.8) is 0 Å². The van der Waals surface area contributed by atoms with Crippen molar-refractivity contribution in [1.82, 2.24) is 14.9 Å². The normalized spacial score (nSPS) is 16.2. The summed E-state index contributed by atoms with van der Waals surface area (Å²) in [7, 11) is 0. The molecule has 134 valence electrons. The van der Waals surface area contributed by atoms with Crippen molar-refractivity contribution in [2.75, 3.05) is 19.6 Å². The van der Waals surface area contributed by atoms with Crippen molar-refractivity contribution in [3.8, 4) is 0 Å². The Morgan fingerprint density at radius 2 is 1.73 bits per heavy atom. The van der Waals surface area contributed by atoms with E-state index >= 15 is 0 Å². The largest absolute Gasteiger partial charge is 0.310 e. The van der Waals surface area contributed by atoms with E-state index in [0.29, 0.717) is 11.3 Å². The topological polar surface area (TPSA) is 49.0 Å². The zero-order valence-corrected chi connectivity index (χ0v) is 15.0. The first-order valence-electron chi connectivity index (χ1n) is 9.55. The number of fused-ring (bicyclic) bond motifs is 1. The molecule has 0 spiro atoms. The lowest BCUT2D eigenvalue weighted by Crippen LogP contribution is -2.34. The van der Waals surface area contributed by atoms with Crippen LogP contribution in [0.5, 0.6) is 0 Å². The Balaban J connectivity index is 1.29. The second-order valence-corrected chi connectivity index (χ2v) is 7.16. The van der Waals surface area contributed by atoms with E-state index in [1.165, 1.54) is 18.4 Å². The third-order valence-electron chi connectivity index (χ3n) is 5.41. The van der Waals surface area contributed by atoms with E-state index in [1.54, 1.807) is 0 Å². The maximum absolute atomic E-state index is 12.1. The fourth-order valence-corrected chi connectivity index (χ4v) is 3.94. The Kier molecular flexibility index (Phi) is 5.12. The first-order valence-corrected chi connectivity index (χ1v) is 9.55. The van der Waals surface area contributed by atoms with E-state index in [0.717, 1.165) is 43.8 Å². The van der Waals surface area contributed by atoms with Gasteiger partial charge in [0.05, 0.1) is 10.9 Å². The number of hydrogen-bond acceptors (Lipinski definition) is 3. The van der Waals surface area contributed by atoms with Crippen LogP contribution in [-0.4, -0.2) is 34.5 Å². The second-order valence-electron chi connectivity index (χ2n) is 7.16. The van der Waals surface area contributed by atoms with Crippen LogP contribution in [0.2, 0.25) is 0 Å². The highest BCUT2D eigenvalue weighted by atomic mass is 16.1. The minimum Gasteiger partial charge on any atom is -0.310 e. The molecule has 0 atom stereocenters. The maximum atomic E-state index is 12.1. The van der Waals surface area contributed by atoms with E-state index in [4.69, 9.17) is 0 Å². The van der Waals surface area contributed by atoms with Crippen LogP contribution in [0, 0.1) is 0 Å². The SMILES string of the molecule is O=c1[nH]c(CCCN2CCC(c3ccccc3)CC2)nc2ccccc12. The monoisotopic (exact) mass is 347 g/mol. The van der Waals surface area contributed by atoms with Gasteiger partial charge in [-0.25, -0.2) is 4.98 Å². The smallest absolute Gasteiger partial charge is 0.258 e. The van der Waals surface area contributed by atoms with Crippen LogP contribution in [0.1, 0.15) is 36.6 Å². The molecule has 0 bridgehead atoms. The summed E-state index contributed by atoms with van der Waals surface area (Å²) in [4.78, 5) is 22.2. The molecule has 0 saturated carbocycles. The summed E-state index contributed by atoms with van der Waals surface area (Å²) in [6, 6.07) is 18.4. The van der Waals surface area contributed by atoms with Crippen LogP contribution in [0.15, 0.2) is 59.4 Å². The lowest BCUT2D eigenvalue weighted by Gasteiger charge is -2.32. The molecule has 4 rings (SSSR count). The third kappa shape index (κ3) is 3.86. The molecule has 0 amide bonds. The Morgan fingerprint density at radius 1 is 1.00 bits per heavy atom. The molecule has 1 fully saturated rings. The molecule has 2 aromatic carbocycles. The van der Waals surface area contributed by atoms with E-state index in [-0.39, 0.29) is 5.56 Å². The number of aromatic nitrogens is 2. The van der Waals surface area contributed by atoms with Gasteiger partial charge in [-0.15, -0.1) is 0 Å². The highest BCUT2D eigenvalue weighted by molar-refractivity contribution is 5.77. The van der Waals surface area contributed by atoms with Gasteiger partial charge in [-0.1, -0.05) is 42.5 Å². The molecular formula is C22H25N3O. The van der Waals surface area contributed by atoms with Crippen molar-refractivity contribution < 1.29 is 0 Å². The summed E-state index contributed by atoms with van der Waals surface area (Å²) >= 11 is 0. The Hall–Kier alpha value is -2.46. The van der Waals surface area contributed by atoms with Crippen LogP contribution in [0.3, 0.4) is 0 Å². The minimum atomic E-state index is -0.0331. The number of para-hydroxylation sites is 1. The number of benzene rings is 2. The number of aromatic amines is 1. The molecule has 1 aliphatic heterocycles. The summed E-state index contributed by atoms with van der Waals surface area (Å²) < 4.78 is 0. The van der Waals surface area contributed by atoms with E-state index in [2.05, 4.69) is 45.2 Å². The van der Waals surface area contributed by atoms with Crippen molar-refractivity contribution in [1.29, 1.82) is 0 Å². The second kappa shape index (κ2) is 7.83. The molecule has 1 aliphatic rings. The number of likely N-dealkylation sites (tertiary alicyclic amines) is 1. The van der Waals surface area contributed by atoms with E-state index in [1.807, 2.05) is 24.3 Å². The van der Waals surface area contributed by atoms with Crippen LogP contribution in [-0.2, 0) is 6.42 Å². The van der Waals surface area contributed by atoms with Gasteiger partial charge in [-0.3, -0.25) is 4.79 Å². The first kappa shape index (κ1) is 17.0. The van der Waals surface area contributed by atoms with Gasteiger partial charge in [0.15, 0.2) is 0 Å². The van der Waals surface area contributed by atoms with Crippen LogP contribution in [0.4, 0.5) is 0 Å². The summed E-state index contributed by atoms with van der Waals surface area (Å²) in [6.45, 7) is 3.38. The summed E-state index contributed by atoms with van der Waals surface area (Å²) in [5.74, 6) is 1.50. The Bertz CT molecular complexity index is 911. The average Bonchev–Trinajstić information content (AvgIpc) is 2.69. The van der Waals surface area contributed by atoms with Gasteiger partial charge in [0, 0.05) is 6.42 Å². The Morgan fingerprint density at radius 3 is 2.54 bits per heavy atom. The van der Waals surface area contributed by atoms with Gasteiger partial charge in [0.1, 0.15) is 5.82 Å². The molecule has 2 heterocycles. The molecular weight excluding hydrogens is 322 g/mol. The number of H-pyrrole nitrogens is 1. The molecule has 1 saturated heterocycles. The number of nitrogens with one attached hydrogen (secondary N) is 1. The van der Waals surface area contributed by atoms with E-state index < -0.39 is 0 Å². The number of rotatable bonds is 5. The first-order chi connectivity index (χ1) is 12.8. The van der Waals surface area contributed by atoms with Crippen LogP contribution >= 0.6 is 0 Å². The zero-order valence-electron chi connectivity index (χ0n) is 15.0. The maximum Gasteiger partial charge on any atom is 0.258 e. The molecule has 1 aromatic heterocycles. The van der Waals surface area contributed by atoms with Crippen molar-refractivity contribution in [3.05, 3.63) is 76.3 Å². The molecule has 0 aliphatic carbocycles. The van der Waals surface area contributed by atoms with Gasteiger partial charge in [-0.05, 0) is 62.5 Å². The number of aryl methyl sites for hydroxylation is 1. The van der Waals surface area contributed by atoms with Gasteiger partial charge in [-0.2, -0.15) is 0 Å². The van der Waals surface area contributed by atoms with Gasteiger partial charge in [0.25, 0.3) is 5.56 Å². The summed E-state index contributed by atoms with van der Waals surface area (Å²) in [6.07, 6.45) is 4.31. The lowest BCUT2D eigenvalue weighted by molar-refractivity contribution is 0.210. The molecule has 4 heteroatoms. The molecule has 1 N–H and O–H groups in total. The van der Waals surface area contributed by atoms with Crippen molar-refractivity contribution in [2.24, 2.45) is 0 Å². The summed E-state index contributed by atoms with van der Waals surface area (Å²) in [5.41, 5.74) is 2.23. The lowest BCUT2D eigenvalue weighted by atomic mass is 9.89. The number of piperidine rings is 1. The molecule has 3 aromatic rings. The quantitative estimate of drug-likeness (QED) is 0.765. The van der Waals surface area contributed by atoms with E-state index in [9.17, 15) is 4.79 Å². The van der Waals surface area contributed by atoms with Crippen molar-refractivity contribution in [2.45, 2.75) is 31.6 Å². The fraction of sp³-hybridized carbons (Fsp3) is 0.364. The van der Waals surface area contributed by atoms with Gasteiger partial charge < -0.3 is 9.88 Å². The predicted molar refractivity (Wildman–Crippen MR) is 106 cm³/mol. The number of nitrogens with zero attached hydrogens (tertiary/aromatic N) is 2. The predicted octanol–water partition coefficient (Wildman–Crippen LogP) is 3.74. The van der Waals surface area contributed by atoms with Crippen LogP contribution in [0.25, 0.3) is 10.9 Å². The van der Waals surface area contributed by atoms with Crippen molar-refractivity contribution >= 4 is 10.9 Å². The number of hydrogen-bond donors (Lipinski definition) is 1. The molecule has 4 nitrogen and oxygen atoms in total. The van der Waals surface area contributed by atoms with Crippen LogP contribution < -0.4 is 5.56 Å². The van der Waals surface area contributed by atoms with Gasteiger partial charge >= 0.3 is 0 Å². The highest BCUT2D eigenvalue weighted by Crippen LogP contribution is 2.27. The molecule has 0 radical (unpaired) electrons. The zero-order chi connectivity index (χ0) is 17.8. The molecule has 0 unspecified atom stereocenters. The standard InChI is InChI=1S/C22H25N3O/c26-22-19-9-4-5-10-20(19)23-21(24-22)11-6-14-25-15-12-18(13-16-25)17-7-2-1-3-8-17/h1-5,7-10,18H,6,11-16H2,(H,23,24,26). The fourth-order valence-electron chi connectivity index (χ4n) is 3.94. The Labute approximate surface area is 153 Å².